The van der Waals surface area contributed by atoms with E-state index < -0.39 is 10.0 Å². The molecule has 140 valence electrons. The molecule has 2 aromatic rings. The highest BCUT2D eigenvalue weighted by Crippen LogP contribution is 2.20. The molecule has 1 N–H and O–H groups in total. The van der Waals surface area contributed by atoms with Crippen molar-refractivity contribution in [3.63, 3.8) is 0 Å². The van der Waals surface area contributed by atoms with Gasteiger partial charge >= 0.3 is 0 Å². The summed E-state index contributed by atoms with van der Waals surface area (Å²) in [5, 5.41) is 0. The van der Waals surface area contributed by atoms with E-state index in [0.717, 1.165) is 24.1 Å². The molecule has 8 heteroatoms. The van der Waals surface area contributed by atoms with Crippen LogP contribution in [-0.4, -0.2) is 48.1 Å². The van der Waals surface area contributed by atoms with Crippen LogP contribution in [0.4, 0.5) is 0 Å². The molecular weight excluding hydrogens is 352 g/mol. The molecule has 0 fully saturated rings. The fraction of sp³-hybridized carbons (Fsp3) is 0.444. The summed E-state index contributed by atoms with van der Waals surface area (Å²) in [5.41, 5.74) is 2.52. The Labute approximate surface area is 154 Å². The van der Waals surface area contributed by atoms with Crippen molar-refractivity contribution in [2.75, 3.05) is 19.3 Å². The lowest BCUT2D eigenvalue weighted by molar-refractivity contribution is 0.0713. The Morgan fingerprint density at radius 2 is 2.12 bits per heavy atom. The number of amides is 1. The van der Waals surface area contributed by atoms with Crippen LogP contribution in [0.5, 0.6) is 0 Å². The Morgan fingerprint density at radius 1 is 1.31 bits per heavy atom. The third kappa shape index (κ3) is 4.70. The molecule has 0 spiro atoms. The molecular formula is C18H24N4O3S. The van der Waals surface area contributed by atoms with E-state index >= 15 is 0 Å². The lowest BCUT2D eigenvalue weighted by atomic mass is 10.1. The third-order valence-electron chi connectivity index (χ3n) is 4.54. The van der Waals surface area contributed by atoms with Crippen LogP contribution in [0.25, 0.3) is 0 Å². The molecule has 1 unspecified atom stereocenters. The molecule has 3 heterocycles. The van der Waals surface area contributed by atoms with Gasteiger partial charge in [0.25, 0.3) is 5.91 Å². The van der Waals surface area contributed by atoms with Crippen molar-refractivity contribution < 1.29 is 13.2 Å². The predicted octanol–water partition coefficient (Wildman–Crippen LogP) is 1.40. The number of hydrogen-bond acceptors (Lipinski definition) is 4. The van der Waals surface area contributed by atoms with Gasteiger partial charge in [0.15, 0.2) is 0 Å². The second-order valence-corrected chi connectivity index (χ2v) is 8.71. The monoisotopic (exact) mass is 376 g/mol. The molecule has 1 aliphatic rings. The molecule has 3 rings (SSSR count). The molecule has 0 radical (unpaired) electrons. The van der Waals surface area contributed by atoms with E-state index in [1.807, 2.05) is 36.2 Å². The number of carbonyl (C=O) groups is 1. The fourth-order valence-corrected chi connectivity index (χ4v) is 3.71. The first-order valence-electron chi connectivity index (χ1n) is 8.62. The van der Waals surface area contributed by atoms with Gasteiger partial charge in [-0.05, 0) is 43.0 Å². The molecule has 0 aliphatic carbocycles. The summed E-state index contributed by atoms with van der Waals surface area (Å²) in [7, 11) is -3.21. The SMILES string of the molecule is Cc1ccc(C(=O)N2Cc3cccn3CC(CCNS(C)(=O)=O)C2)nc1. The standard InChI is InChI=1S/C18H24N4O3S/c1-14-5-6-17(19-10-14)18(23)22-12-15(7-8-20-26(2,24)25)11-21-9-3-4-16(21)13-22/h3-6,9-10,15,20H,7-8,11-13H2,1-2H3. The first kappa shape index (κ1) is 18.6. The molecule has 1 amide bonds. The van der Waals surface area contributed by atoms with Gasteiger partial charge in [0, 0.05) is 37.7 Å². The van der Waals surface area contributed by atoms with E-state index in [9.17, 15) is 13.2 Å². The molecule has 2 aromatic heterocycles. The summed E-state index contributed by atoms with van der Waals surface area (Å²) < 4.78 is 27.3. The lowest BCUT2D eigenvalue weighted by Gasteiger charge is -2.24. The Kier molecular flexibility index (Phi) is 5.43. The van der Waals surface area contributed by atoms with Gasteiger partial charge in [-0.15, -0.1) is 0 Å². The van der Waals surface area contributed by atoms with Crippen molar-refractivity contribution in [3.05, 3.63) is 53.6 Å². The van der Waals surface area contributed by atoms with E-state index in [1.54, 1.807) is 12.3 Å². The van der Waals surface area contributed by atoms with Crippen molar-refractivity contribution in [2.45, 2.75) is 26.4 Å². The second-order valence-electron chi connectivity index (χ2n) is 6.88. The summed E-state index contributed by atoms with van der Waals surface area (Å²) in [5.74, 6) is 0.0630. The minimum atomic E-state index is -3.21. The van der Waals surface area contributed by atoms with Gasteiger partial charge in [-0.25, -0.2) is 13.1 Å². The molecule has 1 aliphatic heterocycles. The number of nitrogens with one attached hydrogen (secondary N) is 1. The topological polar surface area (TPSA) is 84.3 Å². The van der Waals surface area contributed by atoms with E-state index in [1.165, 1.54) is 0 Å². The van der Waals surface area contributed by atoms with E-state index in [-0.39, 0.29) is 11.8 Å². The summed E-state index contributed by atoms with van der Waals surface area (Å²) in [6, 6.07) is 7.62. The van der Waals surface area contributed by atoms with Crippen molar-refractivity contribution in [2.24, 2.45) is 5.92 Å². The lowest BCUT2D eigenvalue weighted by Crippen LogP contribution is -2.35. The largest absolute Gasteiger partial charge is 0.349 e. The third-order valence-corrected chi connectivity index (χ3v) is 5.27. The summed E-state index contributed by atoms with van der Waals surface area (Å²) in [6.07, 6.45) is 5.52. The highest BCUT2D eigenvalue weighted by atomic mass is 32.2. The van der Waals surface area contributed by atoms with Crippen LogP contribution in [0.3, 0.4) is 0 Å². The van der Waals surface area contributed by atoms with Gasteiger partial charge in [-0.2, -0.15) is 0 Å². The number of fused-ring (bicyclic) bond motifs is 1. The Morgan fingerprint density at radius 3 is 2.81 bits per heavy atom. The molecule has 0 aromatic carbocycles. The van der Waals surface area contributed by atoms with Crippen LogP contribution in [0.15, 0.2) is 36.7 Å². The highest BCUT2D eigenvalue weighted by molar-refractivity contribution is 7.88. The number of sulfonamides is 1. The maximum Gasteiger partial charge on any atom is 0.272 e. The van der Waals surface area contributed by atoms with Crippen LogP contribution < -0.4 is 4.72 Å². The Hall–Kier alpha value is -2.19. The molecule has 1 atom stereocenters. The number of hydrogen-bond donors (Lipinski definition) is 1. The molecule has 0 saturated carbocycles. The zero-order valence-corrected chi connectivity index (χ0v) is 15.9. The Balaban J connectivity index is 1.76. The summed E-state index contributed by atoms with van der Waals surface area (Å²) >= 11 is 0. The number of carbonyl (C=O) groups excluding carboxylic acids is 1. The van der Waals surface area contributed by atoms with Crippen molar-refractivity contribution >= 4 is 15.9 Å². The van der Waals surface area contributed by atoms with Crippen LogP contribution in [-0.2, 0) is 23.1 Å². The maximum atomic E-state index is 12.9. The molecule has 0 saturated heterocycles. The van der Waals surface area contributed by atoms with E-state index in [4.69, 9.17) is 0 Å². The van der Waals surface area contributed by atoms with Gasteiger partial charge in [-0.1, -0.05) is 6.07 Å². The smallest absolute Gasteiger partial charge is 0.272 e. The van der Waals surface area contributed by atoms with Crippen molar-refractivity contribution in [1.82, 2.24) is 19.2 Å². The van der Waals surface area contributed by atoms with Crippen molar-refractivity contribution in [1.29, 1.82) is 0 Å². The van der Waals surface area contributed by atoms with Crippen LogP contribution in [0.2, 0.25) is 0 Å². The van der Waals surface area contributed by atoms with Crippen LogP contribution in [0.1, 0.15) is 28.2 Å². The van der Waals surface area contributed by atoms with Gasteiger partial charge in [0.05, 0.1) is 12.8 Å². The minimum Gasteiger partial charge on any atom is -0.349 e. The minimum absolute atomic E-state index is 0.0966. The van der Waals surface area contributed by atoms with Crippen LogP contribution >= 0.6 is 0 Å². The maximum absolute atomic E-state index is 12.9. The summed E-state index contributed by atoms with van der Waals surface area (Å²) in [6.45, 7) is 4.16. The number of aryl methyl sites for hydroxylation is 1. The zero-order valence-electron chi connectivity index (χ0n) is 15.1. The van der Waals surface area contributed by atoms with E-state index in [0.29, 0.717) is 31.7 Å². The number of aromatic nitrogens is 2. The Bertz CT molecular complexity index is 874. The number of nitrogens with zero attached hydrogens (tertiary/aromatic N) is 3. The van der Waals surface area contributed by atoms with Crippen molar-refractivity contribution in [3.8, 4) is 0 Å². The predicted molar refractivity (Wildman–Crippen MR) is 99.1 cm³/mol. The van der Waals surface area contributed by atoms with Crippen LogP contribution in [0, 0.1) is 12.8 Å². The van der Waals surface area contributed by atoms with Gasteiger partial charge in [0.2, 0.25) is 10.0 Å². The van der Waals surface area contributed by atoms with Gasteiger partial charge in [0.1, 0.15) is 5.69 Å². The molecule has 7 nitrogen and oxygen atoms in total. The normalized spacial score (nSPS) is 17.6. The van der Waals surface area contributed by atoms with Gasteiger partial charge < -0.3 is 9.47 Å². The molecule has 26 heavy (non-hydrogen) atoms. The van der Waals surface area contributed by atoms with E-state index in [2.05, 4.69) is 14.3 Å². The number of rotatable bonds is 5. The first-order chi connectivity index (χ1) is 12.3. The average molecular weight is 376 g/mol. The fourth-order valence-electron chi connectivity index (χ4n) is 3.22. The zero-order chi connectivity index (χ0) is 18.7. The quantitative estimate of drug-likeness (QED) is 0.855. The second kappa shape index (κ2) is 7.59. The highest BCUT2D eigenvalue weighted by Gasteiger charge is 2.26. The first-order valence-corrected chi connectivity index (χ1v) is 10.5. The van der Waals surface area contributed by atoms with Gasteiger partial charge in [-0.3, -0.25) is 9.78 Å². The molecule has 0 bridgehead atoms. The average Bonchev–Trinajstić information content (AvgIpc) is 2.92. The summed E-state index contributed by atoms with van der Waals surface area (Å²) in [4.78, 5) is 19.0. The number of pyridine rings is 1.